The van der Waals surface area contributed by atoms with Crippen molar-refractivity contribution in [3.63, 3.8) is 0 Å². The van der Waals surface area contributed by atoms with E-state index in [4.69, 9.17) is 0 Å². The summed E-state index contributed by atoms with van der Waals surface area (Å²) in [6, 6.07) is 9.94. The molecule has 2 aromatic rings. The van der Waals surface area contributed by atoms with Gasteiger partial charge in [-0.1, -0.05) is 45.4 Å². The van der Waals surface area contributed by atoms with Gasteiger partial charge in [0.05, 0.1) is 5.52 Å². The normalized spacial score (nSPS) is 13.3. The van der Waals surface area contributed by atoms with Crippen molar-refractivity contribution in [2.75, 3.05) is 0 Å². The lowest BCUT2D eigenvalue weighted by Gasteiger charge is -2.17. The molecule has 1 heterocycles. The first-order chi connectivity index (χ1) is 9.13. The van der Waals surface area contributed by atoms with Crippen LogP contribution in [0.5, 0.6) is 0 Å². The van der Waals surface area contributed by atoms with E-state index >= 15 is 0 Å². The van der Waals surface area contributed by atoms with E-state index in [0.29, 0.717) is 12.1 Å². The van der Waals surface area contributed by atoms with Gasteiger partial charge in [-0.15, -0.1) is 0 Å². The van der Waals surface area contributed by atoms with E-state index in [2.05, 4.69) is 68.0 Å². The molecule has 1 aromatic heterocycles. The Labute approximate surface area is 116 Å². The molecule has 0 fully saturated rings. The number of fused-ring (bicyclic) bond motifs is 1. The predicted molar refractivity (Wildman–Crippen MR) is 83.5 cm³/mol. The van der Waals surface area contributed by atoms with Crippen LogP contribution in [0.3, 0.4) is 0 Å². The number of rotatable bonds is 6. The van der Waals surface area contributed by atoms with Crippen LogP contribution in [-0.2, 0) is 6.54 Å². The van der Waals surface area contributed by atoms with E-state index in [9.17, 15) is 0 Å². The van der Waals surface area contributed by atoms with Crippen LogP contribution < -0.4 is 5.32 Å². The summed E-state index contributed by atoms with van der Waals surface area (Å²) in [4.78, 5) is 0. The van der Waals surface area contributed by atoms with Crippen molar-refractivity contribution >= 4 is 10.9 Å². The standard InChI is InChI=1S/C17H26N2/c1-5-7-14(4)19-11-10-15-8-6-9-16(17(15)19)12-18-13(2)3/h6,8-11,13-14,18H,5,7,12H2,1-4H3. The Bertz CT molecular complexity index is 525. The van der Waals surface area contributed by atoms with Crippen molar-refractivity contribution in [2.24, 2.45) is 0 Å². The molecule has 0 bridgehead atoms. The minimum Gasteiger partial charge on any atom is -0.344 e. The largest absolute Gasteiger partial charge is 0.344 e. The molecule has 1 N–H and O–H groups in total. The second kappa shape index (κ2) is 6.25. The zero-order chi connectivity index (χ0) is 13.8. The maximum absolute atomic E-state index is 3.53. The smallest absolute Gasteiger partial charge is 0.0528 e. The van der Waals surface area contributed by atoms with Crippen molar-refractivity contribution in [1.82, 2.24) is 9.88 Å². The Hall–Kier alpha value is -1.28. The summed E-state index contributed by atoms with van der Waals surface area (Å²) in [5, 5.41) is 4.88. The van der Waals surface area contributed by atoms with E-state index in [0.717, 1.165) is 6.54 Å². The van der Waals surface area contributed by atoms with Gasteiger partial charge in [-0.2, -0.15) is 0 Å². The molecular formula is C17H26N2. The number of nitrogens with one attached hydrogen (secondary N) is 1. The highest BCUT2D eigenvalue weighted by atomic mass is 15.0. The topological polar surface area (TPSA) is 17.0 Å². The molecule has 0 amide bonds. The Morgan fingerprint density at radius 2 is 1.95 bits per heavy atom. The second-order valence-corrected chi connectivity index (χ2v) is 5.75. The van der Waals surface area contributed by atoms with E-state index in [1.165, 1.54) is 29.3 Å². The number of para-hydroxylation sites is 1. The summed E-state index contributed by atoms with van der Waals surface area (Å²) in [5.41, 5.74) is 2.80. The van der Waals surface area contributed by atoms with Crippen LogP contribution in [0.25, 0.3) is 10.9 Å². The third kappa shape index (κ3) is 3.19. The number of hydrogen-bond acceptors (Lipinski definition) is 1. The summed E-state index contributed by atoms with van der Waals surface area (Å²) in [6.45, 7) is 9.90. The van der Waals surface area contributed by atoms with E-state index in [1.54, 1.807) is 0 Å². The number of nitrogens with zero attached hydrogens (tertiary/aromatic N) is 1. The maximum atomic E-state index is 3.53. The summed E-state index contributed by atoms with van der Waals surface area (Å²) >= 11 is 0. The quantitative estimate of drug-likeness (QED) is 0.807. The summed E-state index contributed by atoms with van der Waals surface area (Å²) in [5.74, 6) is 0. The van der Waals surface area contributed by atoms with Crippen LogP contribution in [0.1, 0.15) is 52.1 Å². The molecule has 104 valence electrons. The van der Waals surface area contributed by atoms with Gasteiger partial charge in [-0.3, -0.25) is 0 Å². The molecule has 0 radical (unpaired) electrons. The SMILES string of the molecule is CCCC(C)n1ccc2cccc(CNC(C)C)c21. The molecule has 0 saturated heterocycles. The molecule has 0 aliphatic rings. The van der Waals surface area contributed by atoms with E-state index < -0.39 is 0 Å². The molecule has 1 unspecified atom stereocenters. The van der Waals surface area contributed by atoms with Crippen molar-refractivity contribution in [3.05, 3.63) is 36.0 Å². The summed E-state index contributed by atoms with van der Waals surface area (Å²) in [6.07, 6.45) is 4.70. The van der Waals surface area contributed by atoms with Crippen LogP contribution in [0.2, 0.25) is 0 Å². The molecular weight excluding hydrogens is 232 g/mol. The van der Waals surface area contributed by atoms with Crippen LogP contribution in [0.4, 0.5) is 0 Å². The molecule has 1 atom stereocenters. The van der Waals surface area contributed by atoms with Crippen molar-refractivity contribution in [1.29, 1.82) is 0 Å². The summed E-state index contributed by atoms with van der Waals surface area (Å²) in [7, 11) is 0. The van der Waals surface area contributed by atoms with Crippen molar-refractivity contribution in [2.45, 2.75) is 59.2 Å². The third-order valence-electron chi connectivity index (χ3n) is 3.71. The minimum atomic E-state index is 0.520. The zero-order valence-corrected chi connectivity index (χ0v) is 12.6. The van der Waals surface area contributed by atoms with E-state index in [-0.39, 0.29) is 0 Å². The maximum Gasteiger partial charge on any atom is 0.0528 e. The third-order valence-corrected chi connectivity index (χ3v) is 3.71. The highest BCUT2D eigenvalue weighted by Crippen LogP contribution is 2.25. The first-order valence-electron chi connectivity index (χ1n) is 7.45. The summed E-state index contributed by atoms with van der Waals surface area (Å²) < 4.78 is 2.44. The van der Waals surface area contributed by atoms with Crippen LogP contribution in [0.15, 0.2) is 30.5 Å². The van der Waals surface area contributed by atoms with Gasteiger partial charge in [0, 0.05) is 24.8 Å². The molecule has 19 heavy (non-hydrogen) atoms. The number of hydrogen-bond donors (Lipinski definition) is 1. The Morgan fingerprint density at radius 1 is 1.16 bits per heavy atom. The average molecular weight is 258 g/mol. The van der Waals surface area contributed by atoms with Gasteiger partial charge in [-0.25, -0.2) is 0 Å². The van der Waals surface area contributed by atoms with Gasteiger partial charge >= 0.3 is 0 Å². The van der Waals surface area contributed by atoms with Gasteiger partial charge < -0.3 is 9.88 Å². The number of benzene rings is 1. The first-order valence-corrected chi connectivity index (χ1v) is 7.45. The highest BCUT2D eigenvalue weighted by Gasteiger charge is 2.11. The Kier molecular flexibility index (Phi) is 4.65. The van der Waals surface area contributed by atoms with Crippen LogP contribution >= 0.6 is 0 Å². The lowest BCUT2D eigenvalue weighted by molar-refractivity contribution is 0.512. The molecule has 1 aromatic carbocycles. The van der Waals surface area contributed by atoms with Gasteiger partial charge in [0.25, 0.3) is 0 Å². The lowest BCUT2D eigenvalue weighted by atomic mass is 10.1. The number of aromatic nitrogens is 1. The fourth-order valence-corrected chi connectivity index (χ4v) is 2.68. The lowest BCUT2D eigenvalue weighted by Crippen LogP contribution is -2.22. The fourth-order valence-electron chi connectivity index (χ4n) is 2.68. The first kappa shape index (κ1) is 14.1. The predicted octanol–water partition coefficient (Wildman–Crippen LogP) is 4.50. The van der Waals surface area contributed by atoms with Gasteiger partial charge in [0.15, 0.2) is 0 Å². The van der Waals surface area contributed by atoms with Crippen LogP contribution in [0, 0.1) is 0 Å². The molecule has 0 spiro atoms. The van der Waals surface area contributed by atoms with Crippen LogP contribution in [-0.4, -0.2) is 10.6 Å². The highest BCUT2D eigenvalue weighted by molar-refractivity contribution is 5.83. The monoisotopic (exact) mass is 258 g/mol. The van der Waals surface area contributed by atoms with Gasteiger partial charge in [0.2, 0.25) is 0 Å². The van der Waals surface area contributed by atoms with Gasteiger partial charge in [-0.05, 0) is 30.4 Å². The average Bonchev–Trinajstić information content (AvgIpc) is 2.81. The molecule has 2 heteroatoms. The Morgan fingerprint density at radius 3 is 2.63 bits per heavy atom. The fraction of sp³-hybridized carbons (Fsp3) is 0.529. The molecule has 0 saturated carbocycles. The zero-order valence-electron chi connectivity index (χ0n) is 12.6. The molecule has 0 aliphatic carbocycles. The molecule has 2 rings (SSSR count). The van der Waals surface area contributed by atoms with Crippen molar-refractivity contribution < 1.29 is 0 Å². The Balaban J connectivity index is 2.37. The minimum absolute atomic E-state index is 0.520. The molecule has 2 nitrogen and oxygen atoms in total. The molecule has 0 aliphatic heterocycles. The van der Waals surface area contributed by atoms with Gasteiger partial charge in [0.1, 0.15) is 0 Å². The second-order valence-electron chi connectivity index (χ2n) is 5.75. The van der Waals surface area contributed by atoms with E-state index in [1.807, 2.05) is 0 Å². The van der Waals surface area contributed by atoms with Crippen molar-refractivity contribution in [3.8, 4) is 0 Å².